The van der Waals surface area contributed by atoms with E-state index in [0.717, 1.165) is 19.6 Å². The predicted molar refractivity (Wildman–Crippen MR) is 58.0 cm³/mol. The van der Waals surface area contributed by atoms with Crippen LogP contribution in [0.5, 0.6) is 0 Å². The Bertz CT molecular complexity index is 175. The summed E-state index contributed by atoms with van der Waals surface area (Å²) in [7, 11) is 1.72. The van der Waals surface area contributed by atoms with Crippen LogP contribution in [0.25, 0.3) is 0 Å². The number of rotatable bonds is 7. The van der Waals surface area contributed by atoms with Crippen molar-refractivity contribution in [1.29, 1.82) is 5.26 Å². The van der Waals surface area contributed by atoms with Crippen LogP contribution in [0, 0.1) is 11.3 Å². The zero-order valence-corrected chi connectivity index (χ0v) is 9.79. The molecule has 14 heavy (non-hydrogen) atoms. The van der Waals surface area contributed by atoms with Crippen LogP contribution in [0.2, 0.25) is 0 Å². The predicted octanol–water partition coefficient (Wildman–Crippen LogP) is 2.04. The van der Waals surface area contributed by atoms with Crippen molar-refractivity contribution in [3.8, 4) is 6.07 Å². The van der Waals surface area contributed by atoms with Gasteiger partial charge in [-0.15, -0.1) is 0 Å². The summed E-state index contributed by atoms with van der Waals surface area (Å²) in [6.07, 6.45) is 1.63. The van der Waals surface area contributed by atoms with Gasteiger partial charge in [0.1, 0.15) is 0 Å². The van der Waals surface area contributed by atoms with Gasteiger partial charge in [-0.2, -0.15) is 5.26 Å². The van der Waals surface area contributed by atoms with Crippen LogP contribution < -0.4 is 0 Å². The Morgan fingerprint density at radius 2 is 2.00 bits per heavy atom. The molecule has 1 atom stereocenters. The van der Waals surface area contributed by atoms with Crippen molar-refractivity contribution in [3.63, 3.8) is 0 Å². The van der Waals surface area contributed by atoms with Gasteiger partial charge in [0.05, 0.1) is 6.07 Å². The van der Waals surface area contributed by atoms with Crippen LogP contribution in [0.3, 0.4) is 0 Å². The molecule has 0 saturated heterocycles. The summed E-state index contributed by atoms with van der Waals surface area (Å²) in [6.45, 7) is 8.17. The lowest BCUT2D eigenvalue weighted by atomic mass is 10.1. The minimum Gasteiger partial charge on any atom is -0.385 e. The standard InChI is InChI=1S/C11H22N2O/c1-10(2)13(8-5-7-12)11(3)6-9-14-4/h10-11H,5-6,8-9H2,1-4H3. The SMILES string of the molecule is COCCC(C)N(CCC#N)C(C)C. The van der Waals surface area contributed by atoms with E-state index >= 15 is 0 Å². The summed E-state index contributed by atoms with van der Waals surface area (Å²) in [6, 6.07) is 3.18. The van der Waals surface area contributed by atoms with Crippen molar-refractivity contribution < 1.29 is 4.74 Å². The molecular weight excluding hydrogens is 176 g/mol. The lowest BCUT2D eigenvalue weighted by Crippen LogP contribution is -2.39. The molecule has 3 heteroatoms. The van der Waals surface area contributed by atoms with Crippen LogP contribution >= 0.6 is 0 Å². The third-order valence-corrected chi connectivity index (χ3v) is 2.45. The van der Waals surface area contributed by atoms with E-state index in [1.165, 1.54) is 0 Å². The molecule has 0 aliphatic heterocycles. The summed E-state index contributed by atoms with van der Waals surface area (Å²) in [5.41, 5.74) is 0. The fourth-order valence-electron chi connectivity index (χ4n) is 1.62. The van der Waals surface area contributed by atoms with Gasteiger partial charge in [-0.05, 0) is 27.2 Å². The maximum Gasteiger partial charge on any atom is 0.0635 e. The van der Waals surface area contributed by atoms with E-state index in [1.54, 1.807) is 7.11 Å². The first kappa shape index (κ1) is 13.4. The monoisotopic (exact) mass is 198 g/mol. The molecule has 0 heterocycles. The molecular formula is C11H22N2O. The van der Waals surface area contributed by atoms with E-state index in [9.17, 15) is 0 Å². The van der Waals surface area contributed by atoms with Gasteiger partial charge in [-0.25, -0.2) is 0 Å². The van der Waals surface area contributed by atoms with Crippen LogP contribution in [-0.2, 0) is 4.74 Å². The Labute approximate surface area is 87.7 Å². The Kier molecular flexibility index (Phi) is 7.45. The molecule has 1 unspecified atom stereocenters. The van der Waals surface area contributed by atoms with Crippen LogP contribution in [0.15, 0.2) is 0 Å². The zero-order valence-electron chi connectivity index (χ0n) is 9.79. The minimum atomic E-state index is 0.489. The van der Waals surface area contributed by atoms with E-state index in [2.05, 4.69) is 31.7 Å². The van der Waals surface area contributed by atoms with Crippen molar-refractivity contribution in [2.45, 2.75) is 45.7 Å². The molecule has 0 aromatic heterocycles. The Morgan fingerprint density at radius 1 is 1.36 bits per heavy atom. The van der Waals surface area contributed by atoms with Crippen molar-refractivity contribution in [2.24, 2.45) is 0 Å². The highest BCUT2D eigenvalue weighted by Crippen LogP contribution is 2.09. The second-order valence-electron chi connectivity index (χ2n) is 3.87. The van der Waals surface area contributed by atoms with Gasteiger partial charge >= 0.3 is 0 Å². The highest BCUT2D eigenvalue weighted by Gasteiger charge is 2.15. The fourth-order valence-corrected chi connectivity index (χ4v) is 1.62. The van der Waals surface area contributed by atoms with Crippen LogP contribution in [0.1, 0.15) is 33.6 Å². The molecule has 0 amide bonds. The zero-order chi connectivity index (χ0) is 11.0. The van der Waals surface area contributed by atoms with Gasteiger partial charge in [0.25, 0.3) is 0 Å². The summed E-state index contributed by atoms with van der Waals surface area (Å²) in [5.74, 6) is 0. The molecule has 0 rings (SSSR count). The first-order chi connectivity index (χ1) is 6.63. The third-order valence-electron chi connectivity index (χ3n) is 2.45. The Morgan fingerprint density at radius 3 is 2.43 bits per heavy atom. The van der Waals surface area contributed by atoms with E-state index in [4.69, 9.17) is 10.00 Å². The molecule has 82 valence electrons. The van der Waals surface area contributed by atoms with Gasteiger partial charge < -0.3 is 4.74 Å². The highest BCUT2D eigenvalue weighted by molar-refractivity contribution is 4.77. The molecule has 0 aromatic carbocycles. The minimum absolute atomic E-state index is 0.489. The molecule has 0 bridgehead atoms. The van der Waals surface area contributed by atoms with Gasteiger partial charge in [0.15, 0.2) is 0 Å². The molecule has 0 aliphatic carbocycles. The second-order valence-corrected chi connectivity index (χ2v) is 3.87. The molecule has 0 aromatic rings. The first-order valence-corrected chi connectivity index (χ1v) is 5.25. The molecule has 0 N–H and O–H groups in total. The summed E-state index contributed by atoms with van der Waals surface area (Å²) in [4.78, 5) is 2.35. The third kappa shape index (κ3) is 5.21. The lowest BCUT2D eigenvalue weighted by Gasteiger charge is -2.31. The lowest BCUT2D eigenvalue weighted by molar-refractivity contribution is 0.118. The molecule has 0 fully saturated rings. The van der Waals surface area contributed by atoms with Gasteiger partial charge in [-0.3, -0.25) is 4.90 Å². The number of methoxy groups -OCH3 is 1. The number of hydrogen-bond acceptors (Lipinski definition) is 3. The largest absolute Gasteiger partial charge is 0.385 e. The summed E-state index contributed by atoms with van der Waals surface area (Å²) in [5, 5.41) is 8.55. The fraction of sp³-hybridized carbons (Fsp3) is 0.909. The highest BCUT2D eigenvalue weighted by atomic mass is 16.5. The van der Waals surface area contributed by atoms with Crippen molar-refractivity contribution in [2.75, 3.05) is 20.3 Å². The van der Waals surface area contributed by atoms with E-state index in [1.807, 2.05) is 0 Å². The van der Waals surface area contributed by atoms with E-state index in [-0.39, 0.29) is 0 Å². The number of nitrogens with zero attached hydrogens (tertiary/aromatic N) is 2. The van der Waals surface area contributed by atoms with Gasteiger partial charge in [0, 0.05) is 38.8 Å². The van der Waals surface area contributed by atoms with Gasteiger partial charge in [-0.1, -0.05) is 0 Å². The van der Waals surface area contributed by atoms with Crippen LogP contribution in [-0.4, -0.2) is 37.2 Å². The maximum atomic E-state index is 8.55. The average Bonchev–Trinajstić information content (AvgIpc) is 2.14. The topological polar surface area (TPSA) is 36.3 Å². The Balaban J connectivity index is 3.98. The molecule has 3 nitrogen and oxygen atoms in total. The first-order valence-electron chi connectivity index (χ1n) is 5.25. The average molecular weight is 198 g/mol. The van der Waals surface area contributed by atoms with Gasteiger partial charge in [0.2, 0.25) is 0 Å². The Hall–Kier alpha value is -0.590. The van der Waals surface area contributed by atoms with Crippen LogP contribution in [0.4, 0.5) is 0 Å². The molecule has 0 radical (unpaired) electrons. The maximum absolute atomic E-state index is 8.55. The molecule has 0 saturated carbocycles. The number of hydrogen-bond donors (Lipinski definition) is 0. The quantitative estimate of drug-likeness (QED) is 0.628. The number of nitriles is 1. The smallest absolute Gasteiger partial charge is 0.0635 e. The van der Waals surface area contributed by atoms with Crippen molar-refractivity contribution >= 4 is 0 Å². The van der Waals surface area contributed by atoms with Crippen molar-refractivity contribution in [3.05, 3.63) is 0 Å². The molecule has 0 aliphatic rings. The molecule has 0 spiro atoms. The normalized spacial score (nSPS) is 13.2. The summed E-state index contributed by atoms with van der Waals surface area (Å²) < 4.78 is 5.06. The second kappa shape index (κ2) is 7.78. The summed E-state index contributed by atoms with van der Waals surface area (Å²) >= 11 is 0. The number of ether oxygens (including phenoxy) is 1. The van der Waals surface area contributed by atoms with E-state index in [0.29, 0.717) is 18.5 Å². The van der Waals surface area contributed by atoms with E-state index < -0.39 is 0 Å². The van der Waals surface area contributed by atoms with Crippen molar-refractivity contribution in [1.82, 2.24) is 4.90 Å².